The largest absolute Gasteiger partial charge is 0.493 e. The quantitative estimate of drug-likeness (QED) is 0.492. The van der Waals surface area contributed by atoms with Crippen LogP contribution in [0, 0.1) is 11.3 Å². The van der Waals surface area contributed by atoms with Gasteiger partial charge in [-0.15, -0.1) is 0 Å². The van der Waals surface area contributed by atoms with E-state index in [-0.39, 0.29) is 11.6 Å². The summed E-state index contributed by atoms with van der Waals surface area (Å²) in [6, 6.07) is 1.68. The maximum Gasteiger partial charge on any atom is 0.227 e. The molecule has 1 aromatic heterocycles. The molecule has 0 unspecified atom stereocenters. The minimum absolute atomic E-state index is 0.0324. The van der Waals surface area contributed by atoms with Crippen LogP contribution >= 0.6 is 0 Å². The molecule has 0 aliphatic carbocycles. The summed E-state index contributed by atoms with van der Waals surface area (Å²) in [4.78, 5) is 5.81. The molecule has 1 aromatic rings. The van der Waals surface area contributed by atoms with Crippen molar-refractivity contribution in [1.82, 2.24) is 9.97 Å². The zero-order valence-corrected chi connectivity index (χ0v) is 3.92. The number of aromatic amines is 1. The van der Waals surface area contributed by atoms with Crippen LogP contribution in [0.15, 0.2) is 6.33 Å². The van der Waals surface area contributed by atoms with Gasteiger partial charge in [0.15, 0.2) is 0 Å². The molecule has 2 N–H and O–H groups in total. The highest BCUT2D eigenvalue weighted by atomic mass is 16.3. The molecule has 0 amide bonds. The van der Waals surface area contributed by atoms with E-state index in [1.807, 2.05) is 0 Å². The van der Waals surface area contributed by atoms with E-state index >= 15 is 0 Å². The molecule has 0 saturated carbocycles. The molecule has 0 bridgehead atoms. The van der Waals surface area contributed by atoms with Gasteiger partial charge in [-0.2, -0.15) is 5.26 Å². The lowest BCUT2D eigenvalue weighted by Gasteiger charge is -1.76. The Hall–Kier alpha value is -1.50. The minimum Gasteiger partial charge on any atom is -0.493 e. The SMILES string of the molecule is N#Cc1nc[nH]c1O. The fourth-order valence-electron chi connectivity index (χ4n) is 0.369. The molecule has 0 spiro atoms. The highest BCUT2D eigenvalue weighted by Crippen LogP contribution is 2.05. The van der Waals surface area contributed by atoms with E-state index in [2.05, 4.69) is 9.97 Å². The van der Waals surface area contributed by atoms with Crippen molar-refractivity contribution in [2.45, 2.75) is 0 Å². The van der Waals surface area contributed by atoms with E-state index in [1.54, 1.807) is 6.07 Å². The van der Waals surface area contributed by atoms with Crippen molar-refractivity contribution in [1.29, 1.82) is 5.26 Å². The number of H-pyrrole nitrogens is 1. The zero-order valence-electron chi connectivity index (χ0n) is 3.92. The first-order valence-electron chi connectivity index (χ1n) is 1.97. The van der Waals surface area contributed by atoms with Gasteiger partial charge in [-0.25, -0.2) is 4.98 Å². The maximum absolute atomic E-state index is 8.61. The van der Waals surface area contributed by atoms with Crippen molar-refractivity contribution in [3.05, 3.63) is 12.0 Å². The topological polar surface area (TPSA) is 72.7 Å². The molecule has 1 rings (SSSR count). The van der Waals surface area contributed by atoms with Gasteiger partial charge in [0.2, 0.25) is 11.6 Å². The highest BCUT2D eigenvalue weighted by molar-refractivity contribution is 5.28. The summed E-state index contributed by atoms with van der Waals surface area (Å²) in [7, 11) is 0. The first-order chi connectivity index (χ1) is 3.84. The number of nitriles is 1. The Morgan fingerprint density at radius 2 is 2.62 bits per heavy atom. The van der Waals surface area contributed by atoms with E-state index in [0.29, 0.717) is 0 Å². The standard InChI is InChI=1S/C4H3N3O/c5-1-3-4(8)7-2-6-3/h2,8H,(H,6,7). The van der Waals surface area contributed by atoms with E-state index < -0.39 is 0 Å². The molecule has 8 heavy (non-hydrogen) atoms. The summed E-state index contributed by atoms with van der Waals surface area (Å²) in [5.74, 6) is -0.174. The van der Waals surface area contributed by atoms with Crippen LogP contribution in [0.4, 0.5) is 0 Å². The molecule has 0 saturated heterocycles. The molecule has 0 fully saturated rings. The monoisotopic (exact) mass is 109 g/mol. The fourth-order valence-corrected chi connectivity index (χ4v) is 0.369. The number of hydrogen-bond acceptors (Lipinski definition) is 3. The van der Waals surface area contributed by atoms with Crippen LogP contribution in [0.3, 0.4) is 0 Å². The van der Waals surface area contributed by atoms with Gasteiger partial charge in [-0.3, -0.25) is 0 Å². The molecule has 4 nitrogen and oxygen atoms in total. The zero-order chi connectivity index (χ0) is 5.98. The number of nitrogens with one attached hydrogen (secondary N) is 1. The second kappa shape index (κ2) is 1.54. The molecule has 1 heterocycles. The lowest BCUT2D eigenvalue weighted by Crippen LogP contribution is -1.69. The molecule has 40 valence electrons. The number of aromatic nitrogens is 2. The second-order valence-electron chi connectivity index (χ2n) is 1.21. The first-order valence-corrected chi connectivity index (χ1v) is 1.97. The van der Waals surface area contributed by atoms with E-state index in [0.717, 1.165) is 0 Å². The van der Waals surface area contributed by atoms with Gasteiger partial charge in [0.05, 0.1) is 6.33 Å². The van der Waals surface area contributed by atoms with Crippen molar-refractivity contribution in [3.8, 4) is 11.9 Å². The summed E-state index contributed by atoms with van der Waals surface area (Å²) in [6.07, 6.45) is 1.26. The van der Waals surface area contributed by atoms with Crippen LogP contribution in [0.5, 0.6) is 5.88 Å². The summed E-state index contributed by atoms with van der Waals surface area (Å²) in [5, 5.41) is 16.7. The average Bonchev–Trinajstić information content (AvgIpc) is 2.14. The predicted molar refractivity (Wildman–Crippen MR) is 25.0 cm³/mol. The van der Waals surface area contributed by atoms with Gasteiger partial charge in [0.25, 0.3) is 0 Å². The molecule has 0 atom stereocenters. The number of imidazole rings is 1. The first kappa shape index (κ1) is 4.65. The van der Waals surface area contributed by atoms with Gasteiger partial charge >= 0.3 is 0 Å². The van der Waals surface area contributed by atoms with E-state index in [1.165, 1.54) is 6.33 Å². The fraction of sp³-hybridized carbons (Fsp3) is 0. The van der Waals surface area contributed by atoms with Gasteiger partial charge in [-0.1, -0.05) is 0 Å². The highest BCUT2D eigenvalue weighted by Gasteiger charge is 1.97. The number of hydrogen-bond donors (Lipinski definition) is 2. The van der Waals surface area contributed by atoms with Crippen molar-refractivity contribution < 1.29 is 5.11 Å². The summed E-state index contributed by atoms with van der Waals surface area (Å²) < 4.78 is 0. The van der Waals surface area contributed by atoms with Gasteiger partial charge in [0, 0.05) is 0 Å². The third kappa shape index (κ3) is 0.500. The van der Waals surface area contributed by atoms with Crippen LogP contribution in [0.1, 0.15) is 5.69 Å². The van der Waals surface area contributed by atoms with E-state index in [9.17, 15) is 0 Å². The Morgan fingerprint density at radius 3 is 2.88 bits per heavy atom. The van der Waals surface area contributed by atoms with Crippen LogP contribution < -0.4 is 0 Å². The van der Waals surface area contributed by atoms with Crippen molar-refractivity contribution in [2.75, 3.05) is 0 Å². The summed E-state index contributed by atoms with van der Waals surface area (Å²) in [6.45, 7) is 0. The van der Waals surface area contributed by atoms with Crippen molar-refractivity contribution in [2.24, 2.45) is 0 Å². The van der Waals surface area contributed by atoms with Gasteiger partial charge < -0.3 is 10.1 Å². The van der Waals surface area contributed by atoms with Crippen LogP contribution in [-0.2, 0) is 0 Å². The lowest BCUT2D eigenvalue weighted by molar-refractivity contribution is 0.455. The Labute approximate surface area is 45.4 Å². The summed E-state index contributed by atoms with van der Waals surface area (Å²) >= 11 is 0. The Morgan fingerprint density at radius 1 is 1.88 bits per heavy atom. The molecular weight excluding hydrogens is 106 g/mol. The van der Waals surface area contributed by atoms with Crippen LogP contribution in [-0.4, -0.2) is 15.1 Å². The predicted octanol–water partition coefficient (Wildman–Crippen LogP) is -0.0130. The third-order valence-corrected chi connectivity index (χ3v) is 0.725. The summed E-state index contributed by atoms with van der Waals surface area (Å²) in [5.41, 5.74) is 0.0324. The van der Waals surface area contributed by atoms with Crippen molar-refractivity contribution >= 4 is 0 Å². The van der Waals surface area contributed by atoms with Crippen molar-refractivity contribution in [3.63, 3.8) is 0 Å². The van der Waals surface area contributed by atoms with Gasteiger partial charge in [0.1, 0.15) is 6.07 Å². The van der Waals surface area contributed by atoms with Crippen LogP contribution in [0.25, 0.3) is 0 Å². The Balaban J connectivity index is 3.15. The van der Waals surface area contributed by atoms with Gasteiger partial charge in [-0.05, 0) is 0 Å². The van der Waals surface area contributed by atoms with Crippen LogP contribution in [0.2, 0.25) is 0 Å². The lowest BCUT2D eigenvalue weighted by atomic mass is 10.5. The normalized spacial score (nSPS) is 8.38. The Kier molecular flexibility index (Phi) is 0.897. The Bertz CT molecular complexity index is 221. The molecule has 0 radical (unpaired) electrons. The molecular formula is C4H3N3O. The number of aromatic hydroxyl groups is 1. The number of rotatable bonds is 0. The molecule has 0 aliphatic rings. The third-order valence-electron chi connectivity index (χ3n) is 0.725. The minimum atomic E-state index is -0.174. The van der Waals surface area contributed by atoms with E-state index in [4.69, 9.17) is 10.4 Å². The maximum atomic E-state index is 8.61. The molecule has 0 aromatic carbocycles. The smallest absolute Gasteiger partial charge is 0.227 e. The number of nitrogens with zero attached hydrogens (tertiary/aromatic N) is 2. The second-order valence-corrected chi connectivity index (χ2v) is 1.21. The molecule has 4 heteroatoms. The molecule has 0 aliphatic heterocycles. The average molecular weight is 109 g/mol.